The number of aliphatic hydroxyl groups excluding tert-OH is 2. The van der Waals surface area contributed by atoms with Crippen LogP contribution < -0.4 is 5.32 Å². The van der Waals surface area contributed by atoms with Gasteiger partial charge in [0.15, 0.2) is 0 Å². The first-order valence-corrected chi connectivity index (χ1v) is 31.1. The molecule has 0 bridgehead atoms. The predicted octanol–water partition coefficient (Wildman–Crippen LogP) is 19.4. The molecule has 1 amide bonds. The highest BCUT2D eigenvalue weighted by atomic mass is 16.5. The van der Waals surface area contributed by atoms with E-state index in [1.54, 1.807) is 6.08 Å². The minimum Gasteiger partial charge on any atom is -0.466 e. The van der Waals surface area contributed by atoms with Gasteiger partial charge in [-0.3, -0.25) is 9.59 Å². The molecule has 0 aliphatic heterocycles. The van der Waals surface area contributed by atoms with E-state index < -0.39 is 12.1 Å². The van der Waals surface area contributed by atoms with E-state index in [9.17, 15) is 19.8 Å². The number of esters is 1. The van der Waals surface area contributed by atoms with Gasteiger partial charge in [0.2, 0.25) is 5.91 Å². The molecule has 0 saturated heterocycles. The second-order valence-electron chi connectivity index (χ2n) is 21.4. The van der Waals surface area contributed by atoms with Gasteiger partial charge in [0, 0.05) is 12.8 Å². The van der Waals surface area contributed by atoms with Crippen LogP contribution in [0, 0.1) is 0 Å². The van der Waals surface area contributed by atoms with Crippen LogP contribution in [-0.4, -0.2) is 47.4 Å². The zero-order valence-corrected chi connectivity index (χ0v) is 46.6. The third-order valence-electron chi connectivity index (χ3n) is 14.5. The molecule has 0 spiro atoms. The van der Waals surface area contributed by atoms with Crippen LogP contribution in [0.25, 0.3) is 0 Å². The van der Waals surface area contributed by atoms with Gasteiger partial charge in [-0.15, -0.1) is 0 Å². The number of hydrogen-bond acceptors (Lipinski definition) is 5. The first kappa shape index (κ1) is 67.3. The number of aliphatic hydroxyl groups is 2. The second-order valence-corrected chi connectivity index (χ2v) is 21.4. The monoisotopic (exact) mass is 972 g/mol. The van der Waals surface area contributed by atoms with E-state index in [-0.39, 0.29) is 18.5 Å². The largest absolute Gasteiger partial charge is 0.466 e. The van der Waals surface area contributed by atoms with Crippen LogP contribution >= 0.6 is 0 Å². The third kappa shape index (κ3) is 55.5. The van der Waals surface area contributed by atoms with Gasteiger partial charge in [-0.1, -0.05) is 295 Å². The van der Waals surface area contributed by atoms with E-state index in [1.807, 2.05) is 6.08 Å². The molecule has 2 atom stereocenters. The molecule has 69 heavy (non-hydrogen) atoms. The molecular formula is C63H121NO5. The van der Waals surface area contributed by atoms with Gasteiger partial charge >= 0.3 is 5.97 Å². The van der Waals surface area contributed by atoms with Crippen molar-refractivity contribution in [3.8, 4) is 0 Å². The molecule has 0 aliphatic rings. The molecule has 6 heteroatoms. The number of nitrogens with one attached hydrogen (secondary N) is 1. The lowest BCUT2D eigenvalue weighted by Gasteiger charge is -2.20. The van der Waals surface area contributed by atoms with E-state index in [4.69, 9.17) is 4.74 Å². The number of rotatable bonds is 58. The number of amides is 1. The van der Waals surface area contributed by atoms with Gasteiger partial charge in [-0.05, 0) is 57.8 Å². The third-order valence-corrected chi connectivity index (χ3v) is 14.5. The summed E-state index contributed by atoms with van der Waals surface area (Å²) in [5, 5.41) is 23.2. The lowest BCUT2D eigenvalue weighted by Crippen LogP contribution is -2.45. The van der Waals surface area contributed by atoms with Gasteiger partial charge < -0.3 is 20.3 Å². The van der Waals surface area contributed by atoms with E-state index in [0.29, 0.717) is 19.4 Å². The van der Waals surface area contributed by atoms with E-state index in [2.05, 4.69) is 31.3 Å². The maximum absolute atomic E-state index is 12.5. The molecule has 0 radical (unpaired) electrons. The van der Waals surface area contributed by atoms with Crippen molar-refractivity contribution in [3.63, 3.8) is 0 Å². The van der Waals surface area contributed by atoms with Crippen molar-refractivity contribution in [3.05, 3.63) is 24.3 Å². The minimum atomic E-state index is -0.853. The first-order valence-electron chi connectivity index (χ1n) is 31.1. The smallest absolute Gasteiger partial charge is 0.305 e. The summed E-state index contributed by atoms with van der Waals surface area (Å²) in [6.45, 7) is 4.91. The Bertz CT molecular complexity index is 1080. The molecule has 0 fully saturated rings. The summed E-state index contributed by atoms with van der Waals surface area (Å²) in [6, 6.07) is -0.637. The molecule has 3 N–H and O–H groups in total. The highest BCUT2D eigenvalue weighted by Gasteiger charge is 2.18. The van der Waals surface area contributed by atoms with Crippen LogP contribution in [0.15, 0.2) is 24.3 Å². The average Bonchev–Trinajstić information content (AvgIpc) is 3.35. The lowest BCUT2D eigenvalue weighted by molar-refractivity contribution is -0.143. The Morgan fingerprint density at radius 3 is 1.03 bits per heavy atom. The summed E-state index contributed by atoms with van der Waals surface area (Å²) in [7, 11) is 0. The predicted molar refractivity (Wildman–Crippen MR) is 301 cm³/mol. The highest BCUT2D eigenvalue weighted by Crippen LogP contribution is 2.17. The van der Waals surface area contributed by atoms with Crippen LogP contribution in [0.4, 0.5) is 0 Å². The molecule has 0 aromatic heterocycles. The first-order chi connectivity index (χ1) is 34.0. The number of carbonyl (C=O) groups excluding carboxylic acids is 2. The molecular weight excluding hydrogens is 851 g/mol. The number of ether oxygens (including phenoxy) is 1. The van der Waals surface area contributed by atoms with Crippen LogP contribution in [0.5, 0.6) is 0 Å². The maximum atomic E-state index is 12.5. The molecule has 6 nitrogen and oxygen atoms in total. The number of unbranched alkanes of at least 4 members (excludes halogenated alkanes) is 45. The fourth-order valence-corrected chi connectivity index (χ4v) is 9.69. The van der Waals surface area contributed by atoms with Gasteiger partial charge in [0.05, 0.1) is 25.4 Å². The minimum absolute atomic E-state index is 0.000682. The fourth-order valence-electron chi connectivity index (χ4n) is 9.69. The maximum Gasteiger partial charge on any atom is 0.305 e. The fraction of sp³-hybridized carbons (Fsp3) is 0.905. The van der Waals surface area contributed by atoms with Crippen molar-refractivity contribution in [2.24, 2.45) is 0 Å². The summed E-state index contributed by atoms with van der Waals surface area (Å²) < 4.78 is 5.48. The van der Waals surface area contributed by atoms with E-state index >= 15 is 0 Å². The Balaban J connectivity index is 3.47. The Morgan fingerprint density at radius 1 is 0.391 bits per heavy atom. The van der Waals surface area contributed by atoms with E-state index in [0.717, 1.165) is 57.8 Å². The second kappa shape index (κ2) is 58.9. The molecule has 0 saturated carbocycles. The molecule has 0 heterocycles. The van der Waals surface area contributed by atoms with Crippen molar-refractivity contribution in [2.45, 2.75) is 353 Å². The standard InChI is InChI=1S/C63H121NO5/c1-3-5-7-9-11-13-15-17-19-20-21-22-24-28-31-35-39-43-47-51-55-61(66)60(59-65)64-62(67)56-52-48-44-40-36-32-29-25-23-26-30-34-38-42-46-50-54-58-69-63(68)57-53-49-45-41-37-33-27-18-16-14-12-10-8-6-4-2/h23,26,51,55,60-61,65-66H,3-22,24-25,27-50,52-54,56-59H2,1-2H3,(H,64,67)/b26-23-,55-51+. The Morgan fingerprint density at radius 2 is 0.681 bits per heavy atom. The zero-order chi connectivity index (χ0) is 50.0. The SMILES string of the molecule is CCCCCCCCCCCCCCCCCCCC/C=C/C(O)C(CO)NC(=O)CCCCCCCCC/C=C\CCCCCCCCOC(=O)CCCCCCCCCCCCCCCCC. The van der Waals surface area contributed by atoms with Gasteiger partial charge in [-0.2, -0.15) is 0 Å². The quantitative estimate of drug-likeness (QED) is 0.0321. The van der Waals surface area contributed by atoms with Crippen molar-refractivity contribution in [1.29, 1.82) is 0 Å². The summed E-state index contributed by atoms with van der Waals surface area (Å²) in [4.78, 5) is 24.5. The van der Waals surface area contributed by atoms with Crippen molar-refractivity contribution >= 4 is 11.9 Å². The molecule has 2 unspecified atom stereocenters. The topological polar surface area (TPSA) is 95.9 Å². The summed E-state index contributed by atoms with van der Waals surface area (Å²) in [6.07, 6.45) is 72.1. The molecule has 0 aromatic carbocycles. The Kier molecular flexibility index (Phi) is 57.5. The van der Waals surface area contributed by atoms with Crippen molar-refractivity contribution in [1.82, 2.24) is 5.32 Å². The van der Waals surface area contributed by atoms with Crippen LogP contribution in [0.3, 0.4) is 0 Å². The zero-order valence-electron chi connectivity index (χ0n) is 46.6. The van der Waals surface area contributed by atoms with Crippen LogP contribution in [-0.2, 0) is 14.3 Å². The Labute approximate surface area is 431 Å². The van der Waals surface area contributed by atoms with Crippen LogP contribution in [0.1, 0.15) is 341 Å². The normalized spacial score (nSPS) is 12.7. The number of carbonyl (C=O) groups is 2. The number of allylic oxidation sites excluding steroid dienone is 3. The lowest BCUT2D eigenvalue weighted by atomic mass is 10.0. The Hall–Kier alpha value is -1.66. The van der Waals surface area contributed by atoms with Crippen molar-refractivity contribution in [2.75, 3.05) is 13.2 Å². The van der Waals surface area contributed by atoms with Gasteiger partial charge in [-0.25, -0.2) is 0 Å². The average molecular weight is 973 g/mol. The summed E-state index contributed by atoms with van der Waals surface area (Å²) in [5.74, 6) is -0.0764. The molecule has 0 aliphatic carbocycles. The molecule has 408 valence electrons. The van der Waals surface area contributed by atoms with E-state index in [1.165, 1.54) is 257 Å². The summed E-state index contributed by atoms with van der Waals surface area (Å²) >= 11 is 0. The number of hydrogen-bond donors (Lipinski definition) is 3. The molecule has 0 rings (SSSR count). The van der Waals surface area contributed by atoms with Crippen LogP contribution in [0.2, 0.25) is 0 Å². The van der Waals surface area contributed by atoms with Gasteiger partial charge in [0.1, 0.15) is 0 Å². The summed E-state index contributed by atoms with van der Waals surface area (Å²) in [5.41, 5.74) is 0. The highest BCUT2D eigenvalue weighted by molar-refractivity contribution is 5.76. The van der Waals surface area contributed by atoms with Crippen molar-refractivity contribution < 1.29 is 24.5 Å². The van der Waals surface area contributed by atoms with Gasteiger partial charge in [0.25, 0.3) is 0 Å². The molecule has 0 aromatic rings.